The average Bonchev–Trinajstić information content (AvgIpc) is 0.787. The molecule has 542 valence electrons. The lowest BCUT2D eigenvalue weighted by atomic mass is 9.96. The van der Waals surface area contributed by atoms with Crippen molar-refractivity contribution < 1.29 is 89.4 Å². The van der Waals surface area contributed by atoms with Crippen LogP contribution in [0.5, 0.6) is 0 Å². The molecule has 3 rings (SSSR count). The maximum atomic E-state index is 13.4. The molecule has 0 aromatic heterocycles. The Bertz CT molecular complexity index is 2080. The Morgan fingerprint density at radius 2 is 0.734 bits per heavy atom. The summed E-state index contributed by atoms with van der Waals surface area (Å²) in [6.45, 7) is 1.68. The van der Waals surface area contributed by atoms with Crippen molar-refractivity contribution in [2.75, 3.05) is 26.4 Å². The smallest absolute Gasteiger partial charge is 0.220 e. The lowest BCUT2D eigenvalue weighted by Gasteiger charge is -2.48. The first-order valence-electron chi connectivity index (χ1n) is 36.5. The fraction of sp³-hybridized carbons (Fsp3) is 0.773. The van der Waals surface area contributed by atoms with Crippen molar-refractivity contribution in [3.05, 3.63) is 97.2 Å². The number of ether oxygens (including phenoxy) is 6. The van der Waals surface area contributed by atoms with E-state index in [1.807, 2.05) is 0 Å². The summed E-state index contributed by atoms with van der Waals surface area (Å²) in [6.07, 6.45) is 46.2. The first-order chi connectivity index (χ1) is 45.8. The van der Waals surface area contributed by atoms with Crippen molar-refractivity contribution >= 4 is 5.91 Å². The minimum absolute atomic E-state index is 0.251. The van der Waals surface area contributed by atoms with E-state index in [1.54, 1.807) is 0 Å². The molecule has 0 spiro atoms. The van der Waals surface area contributed by atoms with Crippen LogP contribution in [-0.2, 0) is 33.2 Å². The number of carbonyl (C=O) groups is 1. The highest BCUT2D eigenvalue weighted by Gasteiger charge is 2.53. The number of allylic oxidation sites excluding steroid dienone is 16. The van der Waals surface area contributed by atoms with Crippen LogP contribution in [0.2, 0.25) is 0 Å². The summed E-state index contributed by atoms with van der Waals surface area (Å²) < 4.78 is 34.4. The van der Waals surface area contributed by atoms with Crippen LogP contribution < -0.4 is 5.32 Å². The summed E-state index contributed by atoms with van der Waals surface area (Å²) >= 11 is 0. The van der Waals surface area contributed by atoms with Gasteiger partial charge in [-0.1, -0.05) is 252 Å². The molecule has 19 heteroatoms. The van der Waals surface area contributed by atoms with Gasteiger partial charge < -0.3 is 89.9 Å². The molecule has 19 nitrogen and oxygen atoms in total. The minimum atomic E-state index is -1.98. The maximum absolute atomic E-state index is 13.4. The van der Waals surface area contributed by atoms with Crippen molar-refractivity contribution in [1.82, 2.24) is 5.32 Å². The van der Waals surface area contributed by atoms with Crippen LogP contribution in [0.15, 0.2) is 97.2 Å². The third-order valence-corrected chi connectivity index (χ3v) is 17.7. The number of carbonyl (C=O) groups excluding carboxylic acids is 1. The standard InChI is InChI=1S/C75H129NO18/c1-3-5-7-9-11-13-15-17-19-21-22-23-24-25-26-27-28-29-30-31-32-33-34-35-36-37-39-41-43-45-47-49-51-53-63(81)76-58(59(80)52-50-48-46-44-42-40-38-20-18-16-14-12-10-8-6-4-2)57-89-73-69(87)66(84)71(61(55-78)91-73)94-75-70(88)67(85)72(62(56-79)92-75)93-74-68(86)65(83)64(82)60(54-77)90-74/h5,7,11,13,17,19,22-23,25-26,28-29,31-32,34-35,58-62,64-75,77-80,82-88H,3-4,6,8-10,12,14-16,18,20-21,24,27,30,33,36-57H2,1-2H3,(H,76,81)/b7-5-,13-11-,19-17-,23-22-,26-25-,29-28-,32-31-,35-34-. The summed E-state index contributed by atoms with van der Waals surface area (Å²) in [5.74, 6) is -0.255. The van der Waals surface area contributed by atoms with Crippen LogP contribution in [-0.4, -0.2) is 193 Å². The third kappa shape index (κ3) is 36.5. The number of hydrogen-bond donors (Lipinski definition) is 12. The molecule has 3 saturated heterocycles. The van der Waals surface area contributed by atoms with Crippen molar-refractivity contribution in [1.29, 1.82) is 0 Å². The number of hydrogen-bond acceptors (Lipinski definition) is 18. The lowest BCUT2D eigenvalue weighted by Crippen LogP contribution is -2.66. The van der Waals surface area contributed by atoms with E-state index in [-0.39, 0.29) is 18.9 Å². The van der Waals surface area contributed by atoms with E-state index in [9.17, 15) is 61.0 Å². The predicted molar refractivity (Wildman–Crippen MR) is 369 cm³/mol. The van der Waals surface area contributed by atoms with E-state index in [4.69, 9.17) is 28.4 Å². The van der Waals surface area contributed by atoms with Crippen LogP contribution in [0.4, 0.5) is 0 Å². The molecule has 3 aliphatic rings. The molecule has 17 atom stereocenters. The van der Waals surface area contributed by atoms with Gasteiger partial charge in [-0.05, 0) is 77.0 Å². The van der Waals surface area contributed by atoms with E-state index in [0.717, 1.165) is 116 Å². The third-order valence-electron chi connectivity index (χ3n) is 17.7. The predicted octanol–water partition coefficient (Wildman–Crippen LogP) is 10.4. The zero-order valence-electron chi connectivity index (χ0n) is 57.4. The molecule has 3 aliphatic heterocycles. The molecule has 3 heterocycles. The van der Waals surface area contributed by atoms with Crippen LogP contribution in [0.3, 0.4) is 0 Å². The maximum Gasteiger partial charge on any atom is 0.220 e. The van der Waals surface area contributed by atoms with Gasteiger partial charge in [-0.25, -0.2) is 0 Å². The second-order valence-corrected chi connectivity index (χ2v) is 25.7. The molecule has 3 fully saturated rings. The number of rotatable bonds is 55. The normalized spacial score (nSPS) is 27.9. The SMILES string of the molecule is CC/C=C\C/C=C\C/C=C\C/C=C\C/C=C\C/C=C\C/C=C\C/C=C\CCCCCCCCCCC(=O)NC(COC1OC(CO)C(OC2OC(CO)C(OC3OC(CO)C(O)C(O)C3O)C(O)C2O)C(O)C1O)C(O)CCCCCCCCCCCCCCCCCC. The van der Waals surface area contributed by atoms with Gasteiger partial charge in [0.05, 0.1) is 38.6 Å². The Kier molecular flexibility index (Phi) is 50.2. The number of amides is 1. The van der Waals surface area contributed by atoms with E-state index in [1.165, 1.54) is 89.9 Å². The van der Waals surface area contributed by atoms with Crippen LogP contribution in [0.1, 0.15) is 239 Å². The first-order valence-corrected chi connectivity index (χ1v) is 36.5. The van der Waals surface area contributed by atoms with Gasteiger partial charge >= 0.3 is 0 Å². The minimum Gasteiger partial charge on any atom is -0.394 e. The van der Waals surface area contributed by atoms with Crippen LogP contribution in [0, 0.1) is 0 Å². The Hall–Kier alpha value is -3.29. The molecule has 1 amide bonds. The average molecular weight is 1330 g/mol. The number of nitrogens with one attached hydrogen (secondary N) is 1. The summed E-state index contributed by atoms with van der Waals surface area (Å²) in [7, 11) is 0. The zero-order valence-corrected chi connectivity index (χ0v) is 57.4. The molecule has 0 radical (unpaired) electrons. The number of unbranched alkanes of at least 4 members (excludes halogenated alkanes) is 23. The van der Waals surface area contributed by atoms with E-state index < -0.39 is 124 Å². The van der Waals surface area contributed by atoms with Gasteiger partial charge in [-0.15, -0.1) is 0 Å². The molecule has 17 unspecified atom stereocenters. The van der Waals surface area contributed by atoms with Gasteiger partial charge in [0, 0.05) is 6.42 Å². The Morgan fingerprint density at radius 1 is 0.394 bits per heavy atom. The highest BCUT2D eigenvalue weighted by molar-refractivity contribution is 5.76. The van der Waals surface area contributed by atoms with E-state index in [2.05, 4.69) is 116 Å². The molecule has 94 heavy (non-hydrogen) atoms. The molecule has 0 aliphatic carbocycles. The van der Waals surface area contributed by atoms with E-state index >= 15 is 0 Å². The second-order valence-electron chi connectivity index (χ2n) is 25.7. The largest absolute Gasteiger partial charge is 0.394 e. The molecule has 12 N–H and O–H groups in total. The van der Waals surface area contributed by atoms with Gasteiger partial charge in [0.2, 0.25) is 5.91 Å². The monoisotopic (exact) mass is 1330 g/mol. The van der Waals surface area contributed by atoms with Gasteiger partial charge in [-0.3, -0.25) is 4.79 Å². The zero-order chi connectivity index (χ0) is 68.2. The molecule has 0 aromatic carbocycles. The highest BCUT2D eigenvalue weighted by atomic mass is 16.8. The van der Waals surface area contributed by atoms with Crippen LogP contribution in [0.25, 0.3) is 0 Å². The molecule has 0 saturated carbocycles. The van der Waals surface area contributed by atoms with Gasteiger partial charge in [0.15, 0.2) is 18.9 Å². The van der Waals surface area contributed by atoms with E-state index in [0.29, 0.717) is 12.8 Å². The lowest BCUT2D eigenvalue weighted by molar-refractivity contribution is -0.379. The summed E-state index contributed by atoms with van der Waals surface area (Å²) in [5, 5.41) is 121. The molecule has 0 bridgehead atoms. The fourth-order valence-electron chi connectivity index (χ4n) is 11.8. The first kappa shape index (κ1) is 84.9. The summed E-state index contributed by atoms with van der Waals surface area (Å²) in [5.41, 5.74) is 0. The topological polar surface area (TPSA) is 307 Å². The van der Waals surface area contributed by atoms with Crippen molar-refractivity contribution in [2.24, 2.45) is 0 Å². The number of aliphatic hydroxyl groups is 11. The fourth-order valence-corrected chi connectivity index (χ4v) is 11.8. The quantitative estimate of drug-likeness (QED) is 0.0199. The summed E-state index contributed by atoms with van der Waals surface area (Å²) in [4.78, 5) is 13.4. The van der Waals surface area contributed by atoms with Crippen molar-refractivity contribution in [3.8, 4) is 0 Å². The number of aliphatic hydroxyl groups excluding tert-OH is 11. The van der Waals surface area contributed by atoms with Gasteiger partial charge in [0.1, 0.15) is 73.2 Å². The van der Waals surface area contributed by atoms with Crippen molar-refractivity contribution in [2.45, 2.75) is 343 Å². The molecular formula is C75H129NO18. The van der Waals surface area contributed by atoms with Gasteiger partial charge in [0.25, 0.3) is 0 Å². The molecular weight excluding hydrogens is 1200 g/mol. The van der Waals surface area contributed by atoms with Crippen LogP contribution >= 0.6 is 0 Å². The Labute approximate surface area is 564 Å². The molecule has 0 aromatic rings. The highest BCUT2D eigenvalue weighted by Crippen LogP contribution is 2.33. The Balaban J connectivity index is 1.39. The van der Waals surface area contributed by atoms with Gasteiger partial charge in [-0.2, -0.15) is 0 Å². The second kappa shape index (κ2) is 55.6. The van der Waals surface area contributed by atoms with Crippen molar-refractivity contribution in [3.63, 3.8) is 0 Å². The Morgan fingerprint density at radius 3 is 1.15 bits per heavy atom. The summed E-state index contributed by atoms with van der Waals surface area (Å²) in [6, 6.07) is -0.899.